The molecule has 2 aromatic carbocycles. The summed E-state index contributed by atoms with van der Waals surface area (Å²) >= 11 is 1.91. The van der Waals surface area contributed by atoms with E-state index in [2.05, 4.69) is 67.3 Å². The van der Waals surface area contributed by atoms with Crippen molar-refractivity contribution in [1.82, 2.24) is 4.90 Å². The zero-order valence-corrected chi connectivity index (χ0v) is 17.3. The van der Waals surface area contributed by atoms with Crippen LogP contribution in [0.15, 0.2) is 53.4 Å². The maximum absolute atomic E-state index is 12.4. The van der Waals surface area contributed by atoms with Crippen LogP contribution in [0.1, 0.15) is 49.3 Å². The van der Waals surface area contributed by atoms with E-state index in [4.69, 9.17) is 0 Å². The van der Waals surface area contributed by atoms with Gasteiger partial charge in [0.2, 0.25) is 0 Å². The van der Waals surface area contributed by atoms with Crippen LogP contribution in [0, 0.1) is 5.92 Å². The van der Waals surface area contributed by atoms with Gasteiger partial charge in [-0.2, -0.15) is 0 Å². The molecule has 1 aliphatic carbocycles. The van der Waals surface area contributed by atoms with E-state index in [0.29, 0.717) is 17.8 Å². The van der Waals surface area contributed by atoms with Crippen LogP contribution in [-0.2, 0) is 11.2 Å². The third-order valence-electron chi connectivity index (χ3n) is 6.31. The lowest BCUT2D eigenvalue weighted by molar-refractivity contribution is 0.280. The summed E-state index contributed by atoms with van der Waals surface area (Å²) in [6, 6.07) is 18.3. The summed E-state index contributed by atoms with van der Waals surface area (Å²) in [7, 11) is 0. The first kappa shape index (κ1) is 19.0. The SMILES string of the molecule is CC(C)c1ccc(CSc2ccc([C@@]34C[C@@H]3CN(CCCF)C4)cc2)cc1. The van der Waals surface area contributed by atoms with Gasteiger partial charge in [0.1, 0.15) is 0 Å². The first-order valence-electron chi connectivity index (χ1n) is 10.2. The monoisotopic (exact) mass is 383 g/mol. The Labute approximate surface area is 167 Å². The largest absolute Gasteiger partial charge is 0.302 e. The summed E-state index contributed by atoms with van der Waals surface area (Å²) < 4.78 is 12.4. The molecule has 2 aliphatic rings. The van der Waals surface area contributed by atoms with Crippen molar-refractivity contribution in [2.75, 3.05) is 26.3 Å². The minimum absolute atomic E-state index is 0.194. The van der Waals surface area contributed by atoms with E-state index >= 15 is 0 Å². The number of hydrogen-bond acceptors (Lipinski definition) is 2. The Kier molecular flexibility index (Phi) is 5.61. The van der Waals surface area contributed by atoms with E-state index in [1.54, 1.807) is 0 Å². The number of nitrogens with zero attached hydrogens (tertiary/aromatic N) is 1. The number of benzene rings is 2. The predicted molar refractivity (Wildman–Crippen MR) is 113 cm³/mol. The molecule has 0 amide bonds. The molecular formula is C24H30FNS. The topological polar surface area (TPSA) is 3.24 Å². The van der Waals surface area contributed by atoms with Crippen LogP contribution in [0.25, 0.3) is 0 Å². The van der Waals surface area contributed by atoms with E-state index in [-0.39, 0.29) is 6.67 Å². The Morgan fingerprint density at radius 1 is 1.11 bits per heavy atom. The Morgan fingerprint density at radius 3 is 2.52 bits per heavy atom. The van der Waals surface area contributed by atoms with Crippen LogP contribution in [0.3, 0.4) is 0 Å². The summed E-state index contributed by atoms with van der Waals surface area (Å²) in [5.74, 6) is 2.39. The summed E-state index contributed by atoms with van der Waals surface area (Å²) in [6.07, 6.45) is 1.99. The Bertz CT molecular complexity index is 755. The smallest absolute Gasteiger partial charge is 0.0906 e. The summed E-state index contributed by atoms with van der Waals surface area (Å²) in [5, 5.41) is 0. The first-order chi connectivity index (χ1) is 13.1. The van der Waals surface area contributed by atoms with Crippen molar-refractivity contribution in [3.05, 3.63) is 65.2 Å². The molecule has 0 unspecified atom stereocenters. The second kappa shape index (κ2) is 7.97. The molecule has 1 saturated heterocycles. The fourth-order valence-corrected chi connectivity index (χ4v) is 5.39. The second-order valence-electron chi connectivity index (χ2n) is 8.54. The number of likely N-dealkylation sites (tertiary alicyclic amines) is 1. The molecule has 0 spiro atoms. The molecule has 1 nitrogen and oxygen atoms in total. The summed E-state index contributed by atoms with van der Waals surface area (Å²) in [4.78, 5) is 3.80. The molecule has 2 atom stereocenters. The molecule has 1 saturated carbocycles. The van der Waals surface area contributed by atoms with Crippen molar-refractivity contribution >= 4 is 11.8 Å². The average molecular weight is 384 g/mol. The lowest BCUT2D eigenvalue weighted by atomic mass is 9.95. The molecule has 27 heavy (non-hydrogen) atoms. The van der Waals surface area contributed by atoms with E-state index in [9.17, 15) is 4.39 Å². The van der Waals surface area contributed by atoms with Crippen molar-refractivity contribution in [3.63, 3.8) is 0 Å². The van der Waals surface area contributed by atoms with E-state index in [1.807, 2.05) is 11.8 Å². The van der Waals surface area contributed by atoms with E-state index in [0.717, 1.165) is 31.3 Å². The molecule has 0 radical (unpaired) electrons. The second-order valence-corrected chi connectivity index (χ2v) is 9.59. The van der Waals surface area contributed by atoms with Crippen LogP contribution in [0.5, 0.6) is 0 Å². The molecule has 0 N–H and O–H groups in total. The molecule has 0 aromatic heterocycles. The number of piperidine rings is 1. The Balaban J connectivity index is 1.33. The van der Waals surface area contributed by atoms with Crippen LogP contribution in [0.4, 0.5) is 4.39 Å². The molecule has 144 valence electrons. The van der Waals surface area contributed by atoms with Gasteiger partial charge in [0, 0.05) is 35.7 Å². The highest BCUT2D eigenvalue weighted by Gasteiger charge is 2.60. The molecule has 2 aromatic rings. The van der Waals surface area contributed by atoms with Crippen molar-refractivity contribution in [1.29, 1.82) is 0 Å². The van der Waals surface area contributed by atoms with Crippen LogP contribution >= 0.6 is 11.8 Å². The van der Waals surface area contributed by atoms with Gasteiger partial charge in [-0.15, -0.1) is 11.8 Å². The van der Waals surface area contributed by atoms with Crippen molar-refractivity contribution < 1.29 is 4.39 Å². The minimum atomic E-state index is -0.194. The Hall–Kier alpha value is -1.32. The maximum Gasteiger partial charge on any atom is 0.0906 e. The number of hydrogen-bond donors (Lipinski definition) is 0. The van der Waals surface area contributed by atoms with Gasteiger partial charge in [-0.3, -0.25) is 4.39 Å². The van der Waals surface area contributed by atoms with Gasteiger partial charge >= 0.3 is 0 Å². The quantitative estimate of drug-likeness (QED) is 0.512. The highest BCUT2D eigenvalue weighted by Crippen LogP contribution is 2.59. The number of thioether (sulfide) groups is 1. The normalized spacial score (nSPS) is 24.4. The molecule has 2 fully saturated rings. The third kappa shape index (κ3) is 4.09. The van der Waals surface area contributed by atoms with Crippen molar-refractivity contribution in [2.45, 2.75) is 48.7 Å². The van der Waals surface area contributed by atoms with Gasteiger partial charge < -0.3 is 4.90 Å². The lowest BCUT2D eigenvalue weighted by Crippen LogP contribution is -2.27. The van der Waals surface area contributed by atoms with Crippen LogP contribution < -0.4 is 0 Å². The lowest BCUT2D eigenvalue weighted by Gasteiger charge is -2.20. The third-order valence-corrected chi connectivity index (χ3v) is 7.39. The van der Waals surface area contributed by atoms with Gasteiger partial charge in [0.15, 0.2) is 0 Å². The standard InChI is InChI=1S/C24H30FNS/c1-18(2)20-6-4-19(5-7-20)16-27-23-10-8-21(9-11-23)24-14-22(24)15-26(17-24)13-3-12-25/h4-11,18,22H,3,12-17H2,1-2H3/t22-,24+/m1/s1. The van der Waals surface area contributed by atoms with Crippen molar-refractivity contribution in [2.24, 2.45) is 5.92 Å². The first-order valence-corrected chi connectivity index (χ1v) is 11.2. The van der Waals surface area contributed by atoms with Crippen LogP contribution in [-0.4, -0.2) is 31.2 Å². The molecular weight excluding hydrogens is 353 g/mol. The molecule has 1 heterocycles. The van der Waals surface area contributed by atoms with E-state index in [1.165, 1.54) is 28.0 Å². The zero-order valence-electron chi connectivity index (χ0n) is 16.5. The molecule has 1 aliphatic heterocycles. The summed E-state index contributed by atoms with van der Waals surface area (Å²) in [5.41, 5.74) is 4.64. The number of halogens is 1. The molecule has 3 heteroatoms. The number of rotatable bonds is 8. The van der Waals surface area contributed by atoms with Gasteiger partial charge in [-0.25, -0.2) is 0 Å². The molecule has 4 rings (SSSR count). The fourth-order valence-electron chi connectivity index (χ4n) is 4.54. The Morgan fingerprint density at radius 2 is 1.85 bits per heavy atom. The average Bonchev–Trinajstić information content (AvgIpc) is 3.27. The van der Waals surface area contributed by atoms with Crippen molar-refractivity contribution in [3.8, 4) is 0 Å². The van der Waals surface area contributed by atoms with E-state index < -0.39 is 0 Å². The zero-order chi connectivity index (χ0) is 18.9. The number of alkyl halides is 1. The number of fused-ring (bicyclic) bond motifs is 1. The molecule has 0 bridgehead atoms. The highest BCUT2D eigenvalue weighted by atomic mass is 32.2. The summed E-state index contributed by atoms with van der Waals surface area (Å²) in [6.45, 7) is 7.47. The van der Waals surface area contributed by atoms with Gasteiger partial charge in [0.25, 0.3) is 0 Å². The maximum atomic E-state index is 12.4. The predicted octanol–water partition coefficient (Wildman–Crippen LogP) is 6.04. The fraction of sp³-hybridized carbons (Fsp3) is 0.500. The van der Waals surface area contributed by atoms with Crippen LogP contribution in [0.2, 0.25) is 0 Å². The highest BCUT2D eigenvalue weighted by molar-refractivity contribution is 7.98. The van der Waals surface area contributed by atoms with Gasteiger partial charge in [-0.05, 0) is 53.5 Å². The van der Waals surface area contributed by atoms with Gasteiger partial charge in [-0.1, -0.05) is 50.2 Å². The minimum Gasteiger partial charge on any atom is -0.302 e. The van der Waals surface area contributed by atoms with Gasteiger partial charge in [0.05, 0.1) is 6.67 Å².